The van der Waals surface area contributed by atoms with E-state index in [0.29, 0.717) is 33.9 Å². The average Bonchev–Trinajstić information content (AvgIpc) is 2.91. The molecular weight excluding hydrogens is 532 g/mol. The number of nitrogens with zero attached hydrogens (tertiary/aromatic N) is 2. The van der Waals surface area contributed by atoms with Crippen LogP contribution in [0, 0.1) is 0 Å². The summed E-state index contributed by atoms with van der Waals surface area (Å²) in [6, 6.07) is 18.3. The Bertz CT molecular complexity index is 1610. The highest BCUT2D eigenvalue weighted by Crippen LogP contribution is 2.31. The zero-order valence-electron chi connectivity index (χ0n) is 22.9. The number of fused-ring (bicyclic) bond motifs is 1. The molecule has 0 bridgehead atoms. The van der Waals surface area contributed by atoms with E-state index in [1.54, 1.807) is 48.5 Å². The third-order valence-corrected chi connectivity index (χ3v) is 6.96. The molecule has 0 unspecified atom stereocenters. The van der Waals surface area contributed by atoms with Gasteiger partial charge < -0.3 is 25.4 Å². The van der Waals surface area contributed by atoms with Crippen LogP contribution in [0.2, 0.25) is 0 Å². The Hall–Kier alpha value is -4.42. The minimum Gasteiger partial charge on any atom is -0.497 e. The Morgan fingerprint density at radius 1 is 0.825 bits per heavy atom. The Morgan fingerprint density at radius 3 is 2.05 bits per heavy atom. The van der Waals surface area contributed by atoms with Gasteiger partial charge in [0, 0.05) is 35.1 Å². The molecule has 0 spiro atoms. The molecule has 1 amide bonds. The van der Waals surface area contributed by atoms with Gasteiger partial charge in [-0.15, -0.1) is 0 Å². The van der Waals surface area contributed by atoms with Crippen molar-refractivity contribution < 1.29 is 22.7 Å². The second-order valence-corrected chi connectivity index (χ2v) is 11.6. The number of nitrogens with one attached hydrogen (secondary N) is 4. The largest absolute Gasteiger partial charge is 0.497 e. The molecule has 11 nitrogen and oxygen atoms in total. The van der Waals surface area contributed by atoms with Crippen LogP contribution in [0.4, 0.5) is 23.0 Å². The SMILES string of the molecule is COc1cc(Nc2nc3ccccc3nc2NS(=O)(=O)c2cccc(NC(=O)CNC(C)(C)C)c2)cc(OC)c1. The van der Waals surface area contributed by atoms with E-state index in [1.165, 1.54) is 26.4 Å². The standard InChI is InChI=1S/C28H32N6O5S/c1-28(2,3)29-17-25(35)30-18-9-8-10-22(15-18)40(36,37)34-27-26(32-23-11-6-7-12-24(23)33-27)31-19-13-20(38-4)16-21(14-19)39-5/h6-16,29H,17H2,1-5H3,(H,30,35)(H,31,32)(H,33,34). The Morgan fingerprint density at radius 2 is 1.45 bits per heavy atom. The highest BCUT2D eigenvalue weighted by atomic mass is 32.2. The van der Waals surface area contributed by atoms with Gasteiger partial charge in [0.25, 0.3) is 10.0 Å². The zero-order chi connectivity index (χ0) is 28.9. The summed E-state index contributed by atoms with van der Waals surface area (Å²) in [5.74, 6) is 0.946. The Kier molecular flexibility index (Phi) is 8.40. The lowest BCUT2D eigenvalue weighted by Crippen LogP contribution is -2.41. The van der Waals surface area contributed by atoms with Crippen molar-refractivity contribution in [1.29, 1.82) is 0 Å². The molecule has 0 aliphatic heterocycles. The number of carbonyl (C=O) groups excluding carboxylic acids is 1. The number of aromatic nitrogens is 2. The van der Waals surface area contributed by atoms with Crippen molar-refractivity contribution in [2.24, 2.45) is 0 Å². The number of sulfonamides is 1. The van der Waals surface area contributed by atoms with E-state index in [4.69, 9.17) is 9.47 Å². The third kappa shape index (κ3) is 7.36. The maximum Gasteiger partial charge on any atom is 0.263 e. The Labute approximate surface area is 233 Å². The Balaban J connectivity index is 1.65. The average molecular weight is 565 g/mol. The molecule has 4 aromatic rings. The number of para-hydroxylation sites is 2. The van der Waals surface area contributed by atoms with Gasteiger partial charge in [0.15, 0.2) is 11.6 Å². The molecule has 210 valence electrons. The summed E-state index contributed by atoms with van der Waals surface area (Å²) in [4.78, 5) is 21.4. The molecule has 0 fully saturated rings. The summed E-state index contributed by atoms with van der Waals surface area (Å²) in [5, 5.41) is 8.94. The normalized spacial score (nSPS) is 11.6. The number of methoxy groups -OCH3 is 2. The fourth-order valence-electron chi connectivity index (χ4n) is 3.65. The number of amides is 1. The summed E-state index contributed by atoms with van der Waals surface area (Å²) in [6.07, 6.45) is 0. The van der Waals surface area contributed by atoms with Crippen molar-refractivity contribution in [2.75, 3.05) is 36.1 Å². The number of carbonyl (C=O) groups is 1. The predicted molar refractivity (Wildman–Crippen MR) is 156 cm³/mol. The number of hydrogen-bond acceptors (Lipinski definition) is 9. The highest BCUT2D eigenvalue weighted by molar-refractivity contribution is 7.92. The molecular formula is C28H32N6O5S. The molecule has 0 aliphatic rings. The summed E-state index contributed by atoms with van der Waals surface area (Å²) >= 11 is 0. The van der Waals surface area contributed by atoms with Crippen molar-refractivity contribution in [2.45, 2.75) is 31.2 Å². The van der Waals surface area contributed by atoms with Gasteiger partial charge in [-0.3, -0.25) is 9.52 Å². The first-order valence-corrected chi connectivity index (χ1v) is 13.9. The van der Waals surface area contributed by atoms with Crippen molar-refractivity contribution in [3.63, 3.8) is 0 Å². The number of rotatable bonds is 10. The first kappa shape index (κ1) is 28.6. The first-order valence-electron chi connectivity index (χ1n) is 12.4. The molecule has 4 rings (SSSR count). The van der Waals surface area contributed by atoms with Gasteiger partial charge in [-0.2, -0.15) is 0 Å². The molecule has 0 atom stereocenters. The lowest BCUT2D eigenvalue weighted by atomic mass is 10.1. The molecule has 0 radical (unpaired) electrons. The summed E-state index contributed by atoms with van der Waals surface area (Å²) < 4.78 is 40.2. The van der Waals surface area contributed by atoms with E-state index in [9.17, 15) is 13.2 Å². The fourth-order valence-corrected chi connectivity index (χ4v) is 4.71. The minimum atomic E-state index is -4.13. The van der Waals surface area contributed by atoms with E-state index < -0.39 is 10.0 Å². The number of ether oxygens (including phenoxy) is 2. The summed E-state index contributed by atoms with van der Waals surface area (Å²) in [7, 11) is -1.06. The van der Waals surface area contributed by atoms with Gasteiger partial charge in [-0.25, -0.2) is 18.4 Å². The number of anilines is 4. The zero-order valence-corrected chi connectivity index (χ0v) is 23.7. The smallest absolute Gasteiger partial charge is 0.263 e. The summed E-state index contributed by atoms with van der Waals surface area (Å²) in [6.45, 7) is 5.92. The first-order chi connectivity index (χ1) is 19.0. The highest BCUT2D eigenvalue weighted by Gasteiger charge is 2.20. The second kappa shape index (κ2) is 11.8. The van der Waals surface area contributed by atoms with Crippen molar-refractivity contribution in [1.82, 2.24) is 15.3 Å². The number of benzene rings is 3. The van der Waals surface area contributed by atoms with Gasteiger partial charge >= 0.3 is 0 Å². The van der Waals surface area contributed by atoms with E-state index >= 15 is 0 Å². The van der Waals surface area contributed by atoms with Crippen molar-refractivity contribution >= 4 is 50.0 Å². The quantitative estimate of drug-likeness (QED) is 0.219. The van der Waals surface area contributed by atoms with Crippen molar-refractivity contribution in [3.8, 4) is 11.5 Å². The molecule has 1 heterocycles. The third-order valence-electron chi connectivity index (χ3n) is 5.62. The molecule has 1 aromatic heterocycles. The lowest BCUT2D eigenvalue weighted by molar-refractivity contribution is -0.115. The molecule has 0 saturated heterocycles. The van der Waals surface area contributed by atoms with Crippen LogP contribution in [0.1, 0.15) is 20.8 Å². The fraction of sp³-hybridized carbons (Fsp3) is 0.250. The molecule has 0 saturated carbocycles. The minimum absolute atomic E-state index is 0.00991. The summed E-state index contributed by atoms with van der Waals surface area (Å²) in [5.41, 5.74) is 1.72. The molecule has 40 heavy (non-hydrogen) atoms. The van der Waals surface area contributed by atoms with Crippen LogP contribution < -0.4 is 30.1 Å². The lowest BCUT2D eigenvalue weighted by Gasteiger charge is -2.20. The van der Waals surface area contributed by atoms with Gasteiger partial charge in [-0.1, -0.05) is 18.2 Å². The van der Waals surface area contributed by atoms with Crippen LogP contribution in [0.5, 0.6) is 11.5 Å². The van der Waals surface area contributed by atoms with Crippen molar-refractivity contribution in [3.05, 3.63) is 66.7 Å². The van der Waals surface area contributed by atoms with E-state index in [-0.39, 0.29) is 34.5 Å². The van der Waals surface area contributed by atoms with E-state index in [0.717, 1.165) is 0 Å². The van der Waals surface area contributed by atoms with Crippen LogP contribution in [-0.4, -0.2) is 50.6 Å². The maximum atomic E-state index is 13.5. The molecule has 0 aliphatic carbocycles. The molecule has 12 heteroatoms. The second-order valence-electron chi connectivity index (χ2n) is 9.92. The van der Waals surface area contributed by atoms with Crippen LogP contribution >= 0.6 is 0 Å². The topological polar surface area (TPSA) is 144 Å². The number of hydrogen-bond donors (Lipinski definition) is 4. The van der Waals surface area contributed by atoms with Gasteiger partial charge in [0.05, 0.1) is 36.7 Å². The van der Waals surface area contributed by atoms with E-state index in [2.05, 4.69) is 30.6 Å². The van der Waals surface area contributed by atoms with Crippen LogP contribution in [0.25, 0.3) is 11.0 Å². The predicted octanol–water partition coefficient (Wildman–Crippen LogP) is 4.52. The maximum absolute atomic E-state index is 13.5. The molecule has 3 aromatic carbocycles. The van der Waals surface area contributed by atoms with Crippen LogP contribution in [0.3, 0.4) is 0 Å². The van der Waals surface area contributed by atoms with Crippen LogP contribution in [0.15, 0.2) is 71.6 Å². The molecule has 4 N–H and O–H groups in total. The van der Waals surface area contributed by atoms with Gasteiger partial charge in [-0.05, 0) is 51.1 Å². The van der Waals surface area contributed by atoms with Crippen LogP contribution in [-0.2, 0) is 14.8 Å². The van der Waals surface area contributed by atoms with Gasteiger partial charge in [0.2, 0.25) is 5.91 Å². The van der Waals surface area contributed by atoms with Gasteiger partial charge in [0.1, 0.15) is 11.5 Å². The van der Waals surface area contributed by atoms with E-state index in [1.807, 2.05) is 26.8 Å². The monoisotopic (exact) mass is 564 g/mol.